The van der Waals surface area contributed by atoms with E-state index in [1.165, 1.54) is 11.8 Å². The van der Waals surface area contributed by atoms with Gasteiger partial charge in [-0.15, -0.1) is 0 Å². The molecule has 0 heterocycles. The second kappa shape index (κ2) is 5.90. The molecule has 82 valence electrons. The Kier molecular flexibility index (Phi) is 5.60. The molecule has 0 rings (SSSR count). The van der Waals surface area contributed by atoms with Crippen LogP contribution in [0, 0.1) is 0 Å². The lowest BCUT2D eigenvalue weighted by Gasteiger charge is -2.21. The van der Waals surface area contributed by atoms with Crippen molar-refractivity contribution in [3.63, 3.8) is 0 Å². The predicted molar refractivity (Wildman–Crippen MR) is 57.6 cm³/mol. The quantitative estimate of drug-likeness (QED) is 0.727. The van der Waals surface area contributed by atoms with Crippen molar-refractivity contribution >= 4 is 24.1 Å². The van der Waals surface area contributed by atoms with E-state index in [4.69, 9.17) is 4.74 Å². The van der Waals surface area contributed by atoms with E-state index in [0.29, 0.717) is 12.0 Å². The van der Waals surface area contributed by atoms with Crippen LogP contribution in [0.2, 0.25) is 0 Å². The normalized spacial score (nSPS) is 13.1. The smallest absolute Gasteiger partial charge is 0.408 e. The maximum Gasteiger partial charge on any atom is 0.408 e. The zero-order chi connectivity index (χ0) is 11.2. The van der Waals surface area contributed by atoms with Crippen LogP contribution in [-0.4, -0.2) is 36.0 Å². The molecule has 0 aliphatic heterocycles. The van der Waals surface area contributed by atoms with Gasteiger partial charge >= 0.3 is 6.09 Å². The van der Waals surface area contributed by atoms with E-state index in [0.717, 1.165) is 0 Å². The third kappa shape index (κ3) is 6.77. The average molecular weight is 219 g/mol. The first-order valence-electron chi connectivity index (χ1n) is 4.33. The Hall–Kier alpha value is -0.710. The largest absolute Gasteiger partial charge is 0.444 e. The molecule has 4 nitrogen and oxygen atoms in total. The fourth-order valence-electron chi connectivity index (χ4n) is 0.753. The number of hydrogen-bond acceptors (Lipinski definition) is 4. The summed E-state index contributed by atoms with van der Waals surface area (Å²) < 4.78 is 5.00. The second-order valence-corrected chi connectivity index (χ2v) is 4.75. The Morgan fingerprint density at radius 3 is 2.50 bits per heavy atom. The Morgan fingerprint density at radius 2 is 2.14 bits per heavy atom. The summed E-state index contributed by atoms with van der Waals surface area (Å²) in [4.78, 5) is 21.7. The van der Waals surface area contributed by atoms with Crippen molar-refractivity contribution in [2.45, 2.75) is 32.4 Å². The number of aldehydes is 1. The molecule has 5 heteroatoms. The summed E-state index contributed by atoms with van der Waals surface area (Å²) in [5, 5.41) is 2.47. The lowest BCUT2D eigenvalue weighted by atomic mass is 10.2. The number of rotatable bonds is 4. The summed E-state index contributed by atoms with van der Waals surface area (Å²) in [5.41, 5.74) is -0.531. The highest BCUT2D eigenvalue weighted by Gasteiger charge is 2.18. The number of nitrogens with one attached hydrogen (secondary N) is 1. The number of alkyl carbamates (subject to hydrolysis) is 1. The van der Waals surface area contributed by atoms with Gasteiger partial charge in [0.2, 0.25) is 0 Å². The molecule has 0 aromatic heterocycles. The molecule has 0 radical (unpaired) electrons. The van der Waals surface area contributed by atoms with Crippen molar-refractivity contribution in [1.29, 1.82) is 0 Å². The number of hydrogen-bond donors (Lipinski definition) is 1. The van der Waals surface area contributed by atoms with E-state index in [2.05, 4.69) is 5.32 Å². The molecule has 1 atom stereocenters. The maximum absolute atomic E-state index is 11.2. The van der Waals surface area contributed by atoms with Crippen molar-refractivity contribution in [3.8, 4) is 0 Å². The highest BCUT2D eigenvalue weighted by Crippen LogP contribution is 2.07. The van der Waals surface area contributed by atoms with E-state index in [1.807, 2.05) is 6.26 Å². The third-order valence-corrected chi connectivity index (χ3v) is 1.91. The van der Waals surface area contributed by atoms with E-state index >= 15 is 0 Å². The lowest BCUT2D eigenvalue weighted by molar-refractivity contribution is -0.109. The number of carbonyl (C=O) groups is 2. The molecule has 0 saturated heterocycles. The molecule has 0 aromatic rings. The molecule has 0 aromatic carbocycles. The Balaban J connectivity index is 3.97. The molecule has 0 aliphatic carbocycles. The van der Waals surface area contributed by atoms with Gasteiger partial charge in [-0.25, -0.2) is 4.79 Å². The summed E-state index contributed by atoms with van der Waals surface area (Å²) in [6, 6.07) is -0.472. The van der Waals surface area contributed by atoms with Crippen LogP contribution in [0.5, 0.6) is 0 Å². The number of amides is 1. The predicted octanol–water partition coefficient (Wildman–Crippen LogP) is 1.44. The van der Waals surface area contributed by atoms with Crippen molar-refractivity contribution < 1.29 is 14.3 Å². The van der Waals surface area contributed by atoms with Gasteiger partial charge < -0.3 is 14.8 Å². The third-order valence-electron chi connectivity index (χ3n) is 1.21. The first-order valence-corrected chi connectivity index (χ1v) is 5.72. The standard InChI is InChI=1S/C9H17NO3S/c1-9(2,3)13-8(12)10-7(5-11)6-14-4/h5,7H,6H2,1-4H3,(H,10,12)/t7-/m1/s1. The summed E-state index contributed by atoms with van der Waals surface area (Å²) in [7, 11) is 0. The zero-order valence-electron chi connectivity index (χ0n) is 8.99. The monoisotopic (exact) mass is 219 g/mol. The minimum atomic E-state index is -0.552. The van der Waals surface area contributed by atoms with Gasteiger partial charge in [-0.3, -0.25) is 0 Å². The van der Waals surface area contributed by atoms with Crippen LogP contribution in [0.3, 0.4) is 0 Å². The molecule has 0 saturated carbocycles. The van der Waals surface area contributed by atoms with Gasteiger partial charge in [0, 0.05) is 5.75 Å². The maximum atomic E-state index is 11.2. The SMILES string of the molecule is CSC[C@@H](C=O)NC(=O)OC(C)(C)C. The molecule has 0 aliphatic rings. The summed E-state index contributed by atoms with van der Waals surface area (Å²) >= 11 is 1.49. The average Bonchev–Trinajstić information content (AvgIpc) is 2.00. The summed E-state index contributed by atoms with van der Waals surface area (Å²) in [5.74, 6) is 0.558. The van der Waals surface area contributed by atoms with Gasteiger partial charge in [-0.2, -0.15) is 11.8 Å². The first-order chi connectivity index (χ1) is 6.39. The van der Waals surface area contributed by atoms with Crippen molar-refractivity contribution in [3.05, 3.63) is 0 Å². The lowest BCUT2D eigenvalue weighted by Crippen LogP contribution is -2.41. The Labute approximate surface area is 88.8 Å². The minimum absolute atomic E-state index is 0.472. The van der Waals surface area contributed by atoms with Crippen LogP contribution in [0.4, 0.5) is 4.79 Å². The molecular weight excluding hydrogens is 202 g/mol. The van der Waals surface area contributed by atoms with Crippen LogP contribution in [0.25, 0.3) is 0 Å². The topological polar surface area (TPSA) is 55.4 Å². The van der Waals surface area contributed by atoms with E-state index in [-0.39, 0.29) is 0 Å². The molecule has 0 unspecified atom stereocenters. The number of carbonyl (C=O) groups excluding carboxylic acids is 2. The molecule has 14 heavy (non-hydrogen) atoms. The molecule has 1 amide bonds. The van der Waals surface area contributed by atoms with Crippen LogP contribution < -0.4 is 5.32 Å². The van der Waals surface area contributed by atoms with Crippen LogP contribution in [0.15, 0.2) is 0 Å². The molecular formula is C9H17NO3S. The van der Waals surface area contributed by atoms with Gasteiger partial charge in [-0.05, 0) is 27.0 Å². The van der Waals surface area contributed by atoms with Gasteiger partial charge in [0.1, 0.15) is 11.9 Å². The second-order valence-electron chi connectivity index (χ2n) is 3.84. The highest BCUT2D eigenvalue weighted by atomic mass is 32.2. The number of ether oxygens (including phenoxy) is 1. The minimum Gasteiger partial charge on any atom is -0.444 e. The van der Waals surface area contributed by atoms with E-state index in [9.17, 15) is 9.59 Å². The summed E-state index contributed by atoms with van der Waals surface area (Å²) in [6.45, 7) is 5.32. The van der Waals surface area contributed by atoms with E-state index < -0.39 is 17.7 Å². The Bertz CT molecular complexity index is 201. The zero-order valence-corrected chi connectivity index (χ0v) is 9.81. The van der Waals surface area contributed by atoms with Crippen molar-refractivity contribution in [2.75, 3.05) is 12.0 Å². The van der Waals surface area contributed by atoms with Crippen molar-refractivity contribution in [2.24, 2.45) is 0 Å². The van der Waals surface area contributed by atoms with Crippen molar-refractivity contribution in [1.82, 2.24) is 5.32 Å². The fraction of sp³-hybridized carbons (Fsp3) is 0.778. The van der Waals surface area contributed by atoms with Crippen LogP contribution in [0.1, 0.15) is 20.8 Å². The first kappa shape index (κ1) is 13.3. The van der Waals surface area contributed by atoms with Gasteiger partial charge in [0.15, 0.2) is 0 Å². The molecule has 0 bridgehead atoms. The van der Waals surface area contributed by atoms with Gasteiger partial charge in [-0.1, -0.05) is 0 Å². The highest BCUT2D eigenvalue weighted by molar-refractivity contribution is 7.98. The van der Waals surface area contributed by atoms with E-state index in [1.54, 1.807) is 20.8 Å². The van der Waals surface area contributed by atoms with Crippen LogP contribution >= 0.6 is 11.8 Å². The fourth-order valence-corrected chi connectivity index (χ4v) is 1.27. The van der Waals surface area contributed by atoms with Crippen LogP contribution in [-0.2, 0) is 9.53 Å². The number of thioether (sulfide) groups is 1. The summed E-state index contributed by atoms with van der Waals surface area (Å²) in [6.07, 6.45) is 2.02. The molecule has 0 fully saturated rings. The molecule has 0 spiro atoms. The van der Waals surface area contributed by atoms with Gasteiger partial charge in [0.05, 0.1) is 6.04 Å². The van der Waals surface area contributed by atoms with Gasteiger partial charge in [0.25, 0.3) is 0 Å². The Morgan fingerprint density at radius 1 is 1.57 bits per heavy atom. The molecule has 1 N–H and O–H groups in total.